The Morgan fingerprint density at radius 2 is 2.12 bits per heavy atom. The molecular formula is C19H22FN3O2. The summed E-state index contributed by atoms with van der Waals surface area (Å²) in [6.07, 6.45) is 5.03. The van der Waals surface area contributed by atoms with Gasteiger partial charge in [0.2, 0.25) is 0 Å². The molecule has 0 spiro atoms. The number of carbonyl (C=O) groups is 1. The highest BCUT2D eigenvalue weighted by atomic mass is 19.1. The molecule has 2 aromatic rings. The number of amides is 1. The molecule has 1 N–H and O–H groups in total. The van der Waals surface area contributed by atoms with Crippen LogP contribution in [0.3, 0.4) is 0 Å². The number of aryl methyl sites for hydroxylation is 1. The molecule has 5 nitrogen and oxygen atoms in total. The van der Waals surface area contributed by atoms with Gasteiger partial charge in [0.05, 0.1) is 6.61 Å². The highest BCUT2D eigenvalue weighted by Crippen LogP contribution is 2.26. The summed E-state index contributed by atoms with van der Waals surface area (Å²) in [5.74, 6) is 0.712. The SMILES string of the molecule is O=C(c1n[nH]c2c1CCC2)N1CCC[C@H](COc2ccc(F)cc2)C1. The van der Waals surface area contributed by atoms with Crippen molar-refractivity contribution in [2.45, 2.75) is 32.1 Å². The number of halogens is 1. The predicted molar refractivity (Wildman–Crippen MR) is 91.1 cm³/mol. The molecule has 25 heavy (non-hydrogen) atoms. The van der Waals surface area contributed by atoms with Crippen molar-refractivity contribution in [2.24, 2.45) is 5.92 Å². The fraction of sp³-hybridized carbons (Fsp3) is 0.474. The standard InChI is InChI=1S/C19H22FN3O2/c20-14-6-8-15(9-7-14)25-12-13-3-2-10-23(11-13)19(24)18-16-4-1-5-17(16)21-22-18/h6-9,13H,1-5,10-12H2,(H,21,22)/t13-/m0/s1. The highest BCUT2D eigenvalue weighted by molar-refractivity contribution is 5.94. The fourth-order valence-electron chi connectivity index (χ4n) is 3.78. The Bertz CT molecular complexity index is 757. The molecule has 1 aliphatic carbocycles. The maximum absolute atomic E-state index is 12.9. The van der Waals surface area contributed by atoms with Gasteiger partial charge in [-0.1, -0.05) is 0 Å². The second kappa shape index (κ2) is 6.86. The summed E-state index contributed by atoms with van der Waals surface area (Å²) >= 11 is 0. The van der Waals surface area contributed by atoms with Crippen LogP contribution in [0.25, 0.3) is 0 Å². The van der Waals surface area contributed by atoms with Crippen molar-refractivity contribution in [3.05, 3.63) is 47.0 Å². The van der Waals surface area contributed by atoms with Gasteiger partial charge < -0.3 is 9.64 Å². The van der Waals surface area contributed by atoms with Crippen LogP contribution in [0.4, 0.5) is 4.39 Å². The Kier molecular flexibility index (Phi) is 4.42. The Morgan fingerprint density at radius 3 is 2.96 bits per heavy atom. The topological polar surface area (TPSA) is 58.2 Å². The molecular weight excluding hydrogens is 321 g/mol. The van der Waals surface area contributed by atoms with E-state index in [2.05, 4.69) is 10.2 Å². The van der Waals surface area contributed by atoms with Gasteiger partial charge in [0.1, 0.15) is 11.6 Å². The number of nitrogens with one attached hydrogen (secondary N) is 1. The summed E-state index contributed by atoms with van der Waals surface area (Å²) in [5, 5.41) is 7.27. The average Bonchev–Trinajstić information content (AvgIpc) is 3.24. The van der Waals surface area contributed by atoms with Crippen LogP contribution >= 0.6 is 0 Å². The lowest BCUT2D eigenvalue weighted by molar-refractivity contribution is 0.0626. The monoisotopic (exact) mass is 343 g/mol. The van der Waals surface area contributed by atoms with E-state index in [1.807, 2.05) is 4.90 Å². The van der Waals surface area contributed by atoms with E-state index in [1.165, 1.54) is 12.1 Å². The minimum Gasteiger partial charge on any atom is -0.493 e. The third kappa shape index (κ3) is 3.38. The van der Waals surface area contributed by atoms with Crippen LogP contribution in [0.1, 0.15) is 41.0 Å². The predicted octanol–water partition coefficient (Wildman–Crippen LogP) is 2.97. The van der Waals surface area contributed by atoms with Gasteiger partial charge in [-0.15, -0.1) is 0 Å². The smallest absolute Gasteiger partial charge is 0.274 e. The molecule has 132 valence electrons. The molecule has 0 saturated carbocycles. The Hall–Kier alpha value is -2.37. The number of ether oxygens (including phenoxy) is 1. The van der Waals surface area contributed by atoms with Crippen molar-refractivity contribution >= 4 is 5.91 Å². The van der Waals surface area contributed by atoms with E-state index >= 15 is 0 Å². The van der Waals surface area contributed by atoms with Crippen LogP contribution in [0.2, 0.25) is 0 Å². The minimum absolute atomic E-state index is 0.0332. The van der Waals surface area contributed by atoms with E-state index in [9.17, 15) is 9.18 Å². The van der Waals surface area contributed by atoms with Gasteiger partial charge in [0.25, 0.3) is 5.91 Å². The van der Waals surface area contributed by atoms with Crippen molar-refractivity contribution < 1.29 is 13.9 Å². The first-order valence-electron chi connectivity index (χ1n) is 8.94. The summed E-state index contributed by atoms with van der Waals surface area (Å²) in [5.41, 5.74) is 2.83. The first-order chi connectivity index (χ1) is 12.2. The third-order valence-corrected chi connectivity index (χ3v) is 5.11. The second-order valence-corrected chi connectivity index (χ2v) is 6.91. The lowest BCUT2D eigenvalue weighted by Gasteiger charge is -2.32. The lowest BCUT2D eigenvalue weighted by Crippen LogP contribution is -2.42. The van der Waals surface area contributed by atoms with Crippen LogP contribution < -0.4 is 4.74 Å². The third-order valence-electron chi connectivity index (χ3n) is 5.11. The van der Waals surface area contributed by atoms with Crippen molar-refractivity contribution in [1.29, 1.82) is 0 Å². The number of hydrogen-bond donors (Lipinski definition) is 1. The summed E-state index contributed by atoms with van der Waals surface area (Å²) in [6, 6.07) is 6.05. The molecule has 1 amide bonds. The Morgan fingerprint density at radius 1 is 1.28 bits per heavy atom. The van der Waals surface area contributed by atoms with E-state index in [-0.39, 0.29) is 17.6 Å². The van der Waals surface area contributed by atoms with Gasteiger partial charge in [-0.2, -0.15) is 5.10 Å². The Labute approximate surface area is 146 Å². The second-order valence-electron chi connectivity index (χ2n) is 6.91. The lowest BCUT2D eigenvalue weighted by atomic mass is 9.98. The molecule has 1 saturated heterocycles. The molecule has 1 aliphatic heterocycles. The van der Waals surface area contributed by atoms with Crippen molar-refractivity contribution in [3.63, 3.8) is 0 Å². The van der Waals surface area contributed by atoms with Crippen molar-refractivity contribution in [2.75, 3.05) is 19.7 Å². The van der Waals surface area contributed by atoms with E-state index in [0.29, 0.717) is 24.6 Å². The summed E-state index contributed by atoms with van der Waals surface area (Å²) < 4.78 is 18.7. The number of carbonyl (C=O) groups excluding carboxylic acids is 1. The molecule has 1 aromatic carbocycles. The molecule has 2 heterocycles. The van der Waals surface area contributed by atoms with Crippen molar-refractivity contribution in [1.82, 2.24) is 15.1 Å². The number of nitrogens with zero attached hydrogens (tertiary/aromatic N) is 2. The highest BCUT2D eigenvalue weighted by Gasteiger charge is 2.30. The molecule has 1 atom stereocenters. The number of fused-ring (bicyclic) bond motifs is 1. The van der Waals surface area contributed by atoms with Crippen LogP contribution in [0.5, 0.6) is 5.75 Å². The van der Waals surface area contributed by atoms with Gasteiger partial charge in [-0.25, -0.2) is 4.39 Å². The van der Waals surface area contributed by atoms with E-state index < -0.39 is 0 Å². The number of H-pyrrole nitrogens is 1. The van der Waals surface area contributed by atoms with Gasteiger partial charge in [-0.05, 0) is 56.4 Å². The van der Waals surface area contributed by atoms with Gasteiger partial charge in [-0.3, -0.25) is 9.89 Å². The van der Waals surface area contributed by atoms with Crippen molar-refractivity contribution in [3.8, 4) is 5.75 Å². The van der Waals surface area contributed by atoms with Gasteiger partial charge in [0, 0.05) is 30.3 Å². The largest absolute Gasteiger partial charge is 0.493 e. The number of hydrogen-bond acceptors (Lipinski definition) is 3. The molecule has 6 heteroatoms. The number of piperidine rings is 1. The first-order valence-corrected chi connectivity index (χ1v) is 8.94. The van der Waals surface area contributed by atoms with Crippen LogP contribution in [-0.4, -0.2) is 40.7 Å². The van der Waals surface area contributed by atoms with Crippen LogP contribution in [0, 0.1) is 11.7 Å². The minimum atomic E-state index is -0.270. The molecule has 0 radical (unpaired) electrons. The Balaban J connectivity index is 1.37. The van der Waals surface area contributed by atoms with Crippen LogP contribution in [-0.2, 0) is 12.8 Å². The fourth-order valence-corrected chi connectivity index (χ4v) is 3.78. The number of likely N-dealkylation sites (tertiary alicyclic amines) is 1. The zero-order chi connectivity index (χ0) is 17.2. The zero-order valence-electron chi connectivity index (χ0n) is 14.1. The molecule has 4 rings (SSSR count). The van der Waals surface area contributed by atoms with Gasteiger partial charge in [0.15, 0.2) is 5.69 Å². The van der Waals surface area contributed by atoms with Crippen LogP contribution in [0.15, 0.2) is 24.3 Å². The number of rotatable bonds is 4. The van der Waals surface area contributed by atoms with E-state index in [4.69, 9.17) is 4.74 Å². The number of aromatic amines is 1. The normalized spacial score (nSPS) is 19.7. The summed E-state index contributed by atoms with van der Waals surface area (Å²) in [4.78, 5) is 14.7. The quantitative estimate of drug-likeness (QED) is 0.928. The van der Waals surface area contributed by atoms with Gasteiger partial charge >= 0.3 is 0 Å². The maximum atomic E-state index is 12.9. The number of benzene rings is 1. The average molecular weight is 343 g/mol. The van der Waals surface area contributed by atoms with E-state index in [1.54, 1.807) is 12.1 Å². The maximum Gasteiger partial charge on any atom is 0.274 e. The molecule has 0 unspecified atom stereocenters. The summed E-state index contributed by atoms with van der Waals surface area (Å²) in [6.45, 7) is 1.99. The molecule has 0 bridgehead atoms. The summed E-state index contributed by atoms with van der Waals surface area (Å²) in [7, 11) is 0. The first kappa shape index (κ1) is 16.1. The molecule has 1 fully saturated rings. The molecule has 1 aromatic heterocycles. The molecule has 2 aliphatic rings. The number of aromatic nitrogens is 2. The van der Waals surface area contributed by atoms with E-state index in [0.717, 1.165) is 49.9 Å². The zero-order valence-corrected chi connectivity index (χ0v) is 14.1.